The number of nitrogens with two attached hydrogens (primary N) is 1. The van der Waals surface area contributed by atoms with E-state index in [9.17, 15) is 10.1 Å². The van der Waals surface area contributed by atoms with E-state index >= 15 is 0 Å². The van der Waals surface area contributed by atoms with E-state index < -0.39 is 4.92 Å². The number of nitrogen functional groups attached to an aromatic ring is 1. The zero-order valence-corrected chi connectivity index (χ0v) is 10.4. The lowest BCUT2D eigenvalue weighted by molar-refractivity contribution is -0.383. The van der Waals surface area contributed by atoms with Gasteiger partial charge in [-0.1, -0.05) is 6.07 Å². The zero-order chi connectivity index (χ0) is 13.0. The molecule has 0 radical (unpaired) electrons. The number of benzene rings is 1. The van der Waals surface area contributed by atoms with Crippen LogP contribution >= 0.6 is 11.3 Å². The summed E-state index contributed by atoms with van der Waals surface area (Å²) in [6.07, 6.45) is 0.925. The Bertz CT molecular complexity index is 540. The van der Waals surface area contributed by atoms with Gasteiger partial charge in [0, 0.05) is 23.2 Å². The van der Waals surface area contributed by atoms with Crippen molar-refractivity contribution in [1.29, 1.82) is 0 Å². The molecule has 0 aliphatic heterocycles. The van der Waals surface area contributed by atoms with Gasteiger partial charge in [0.05, 0.1) is 4.92 Å². The second kappa shape index (κ2) is 5.50. The summed E-state index contributed by atoms with van der Waals surface area (Å²) < 4.78 is 0. The quantitative estimate of drug-likeness (QED) is 0.493. The molecule has 0 bridgehead atoms. The van der Waals surface area contributed by atoms with Gasteiger partial charge >= 0.3 is 0 Å². The van der Waals surface area contributed by atoms with E-state index in [4.69, 9.17) is 5.73 Å². The molecule has 94 valence electrons. The molecule has 0 atom stereocenters. The normalized spacial score (nSPS) is 10.2. The highest BCUT2D eigenvalue weighted by Gasteiger charge is 2.10. The lowest BCUT2D eigenvalue weighted by atomic mass is 10.2. The molecule has 3 N–H and O–H groups in total. The highest BCUT2D eigenvalue weighted by Crippen LogP contribution is 2.24. The Morgan fingerprint density at radius 2 is 2.22 bits per heavy atom. The molecule has 2 aromatic rings. The standard InChI is InChI=1S/C12H13N3O2S/c13-11-8-9(3-4-12(11)15(16)17)14-6-5-10-2-1-7-18-10/h1-4,7-8,14H,5-6,13H2. The molecule has 1 aromatic carbocycles. The molecule has 0 aliphatic rings. The van der Waals surface area contributed by atoms with Crippen molar-refractivity contribution in [2.24, 2.45) is 0 Å². The Labute approximate surface area is 108 Å². The number of thiophene rings is 1. The first-order chi connectivity index (χ1) is 8.66. The molecule has 0 amide bonds. The van der Waals surface area contributed by atoms with E-state index in [-0.39, 0.29) is 11.4 Å². The number of anilines is 2. The van der Waals surface area contributed by atoms with Crippen LogP contribution in [-0.2, 0) is 6.42 Å². The molecule has 0 saturated heterocycles. The van der Waals surface area contributed by atoms with Gasteiger partial charge in [0.25, 0.3) is 5.69 Å². The molecule has 0 unspecified atom stereocenters. The Morgan fingerprint density at radius 3 is 2.83 bits per heavy atom. The van der Waals surface area contributed by atoms with Crippen molar-refractivity contribution in [2.45, 2.75) is 6.42 Å². The minimum absolute atomic E-state index is 0.0567. The van der Waals surface area contributed by atoms with Gasteiger partial charge in [-0.15, -0.1) is 11.3 Å². The molecule has 18 heavy (non-hydrogen) atoms. The molecule has 5 nitrogen and oxygen atoms in total. The third-order valence-electron chi connectivity index (χ3n) is 2.50. The van der Waals surface area contributed by atoms with E-state index in [1.807, 2.05) is 11.4 Å². The Hall–Kier alpha value is -2.08. The van der Waals surface area contributed by atoms with Crippen LogP contribution in [0.2, 0.25) is 0 Å². The predicted molar refractivity (Wildman–Crippen MR) is 74.0 cm³/mol. The molecular formula is C12H13N3O2S. The SMILES string of the molecule is Nc1cc(NCCc2cccs2)ccc1[N+](=O)[O-]. The summed E-state index contributed by atoms with van der Waals surface area (Å²) in [4.78, 5) is 11.4. The number of nitrogens with zero attached hydrogens (tertiary/aromatic N) is 1. The number of nitro groups is 1. The van der Waals surface area contributed by atoms with Crippen LogP contribution in [-0.4, -0.2) is 11.5 Å². The summed E-state index contributed by atoms with van der Waals surface area (Å²) in [5, 5.41) is 15.8. The molecule has 1 aromatic heterocycles. The van der Waals surface area contributed by atoms with Gasteiger partial charge in [-0.2, -0.15) is 0 Å². The highest BCUT2D eigenvalue weighted by atomic mass is 32.1. The van der Waals surface area contributed by atoms with Crippen LogP contribution in [0.25, 0.3) is 0 Å². The minimum atomic E-state index is -0.481. The fraction of sp³-hybridized carbons (Fsp3) is 0.167. The molecule has 6 heteroatoms. The lowest BCUT2D eigenvalue weighted by Crippen LogP contribution is -2.05. The van der Waals surface area contributed by atoms with Crippen LogP contribution in [0.1, 0.15) is 4.88 Å². The third kappa shape index (κ3) is 2.98. The van der Waals surface area contributed by atoms with Crippen molar-refractivity contribution < 1.29 is 4.92 Å². The average molecular weight is 263 g/mol. The Balaban J connectivity index is 1.94. The zero-order valence-electron chi connectivity index (χ0n) is 9.63. The van der Waals surface area contributed by atoms with E-state index in [1.54, 1.807) is 23.5 Å². The summed E-state index contributed by atoms with van der Waals surface area (Å²) >= 11 is 1.71. The van der Waals surface area contributed by atoms with E-state index in [0.29, 0.717) is 0 Å². The average Bonchev–Trinajstić information content (AvgIpc) is 2.81. The maximum absolute atomic E-state index is 10.6. The smallest absolute Gasteiger partial charge is 0.292 e. The van der Waals surface area contributed by atoms with E-state index in [1.165, 1.54) is 10.9 Å². The molecular weight excluding hydrogens is 250 g/mol. The first kappa shape index (κ1) is 12.4. The van der Waals surface area contributed by atoms with Crippen LogP contribution < -0.4 is 11.1 Å². The van der Waals surface area contributed by atoms with E-state index in [2.05, 4.69) is 11.4 Å². The number of nitrogens with one attached hydrogen (secondary N) is 1. The minimum Gasteiger partial charge on any atom is -0.393 e. The monoisotopic (exact) mass is 263 g/mol. The molecule has 0 aliphatic carbocycles. The van der Waals surface area contributed by atoms with Gasteiger partial charge in [-0.25, -0.2) is 0 Å². The molecule has 1 heterocycles. The van der Waals surface area contributed by atoms with Crippen molar-refractivity contribution in [3.8, 4) is 0 Å². The predicted octanol–water partition coefficient (Wildman–Crippen LogP) is 2.89. The Kier molecular flexibility index (Phi) is 3.78. The Morgan fingerprint density at radius 1 is 1.39 bits per heavy atom. The van der Waals surface area contributed by atoms with Gasteiger partial charge < -0.3 is 11.1 Å². The van der Waals surface area contributed by atoms with Crippen LogP contribution in [0.4, 0.5) is 17.1 Å². The fourth-order valence-electron chi connectivity index (χ4n) is 1.62. The van der Waals surface area contributed by atoms with Gasteiger partial charge in [0.15, 0.2) is 0 Å². The highest BCUT2D eigenvalue weighted by molar-refractivity contribution is 7.09. The molecule has 0 saturated carbocycles. The number of nitro benzene ring substituents is 1. The van der Waals surface area contributed by atoms with Gasteiger partial charge in [0.1, 0.15) is 5.69 Å². The van der Waals surface area contributed by atoms with Gasteiger partial charge in [-0.05, 0) is 30.0 Å². The summed E-state index contributed by atoms with van der Waals surface area (Å²) in [6, 6.07) is 8.78. The number of hydrogen-bond donors (Lipinski definition) is 2. The second-order valence-electron chi connectivity index (χ2n) is 3.79. The summed E-state index contributed by atoms with van der Waals surface area (Å²) in [5.74, 6) is 0. The fourth-order valence-corrected chi connectivity index (χ4v) is 2.32. The largest absolute Gasteiger partial charge is 0.393 e. The van der Waals surface area contributed by atoms with Crippen molar-refractivity contribution in [3.05, 3.63) is 50.7 Å². The first-order valence-corrected chi connectivity index (χ1v) is 6.35. The lowest BCUT2D eigenvalue weighted by Gasteiger charge is -2.06. The first-order valence-electron chi connectivity index (χ1n) is 5.47. The van der Waals surface area contributed by atoms with Crippen molar-refractivity contribution in [1.82, 2.24) is 0 Å². The molecule has 2 rings (SSSR count). The van der Waals surface area contributed by atoms with Crippen molar-refractivity contribution in [3.63, 3.8) is 0 Å². The topological polar surface area (TPSA) is 81.2 Å². The van der Waals surface area contributed by atoms with Gasteiger partial charge in [-0.3, -0.25) is 10.1 Å². The summed E-state index contributed by atoms with van der Waals surface area (Å²) in [6.45, 7) is 0.776. The molecule has 0 spiro atoms. The third-order valence-corrected chi connectivity index (χ3v) is 3.44. The van der Waals surface area contributed by atoms with Crippen LogP contribution in [0, 0.1) is 10.1 Å². The van der Waals surface area contributed by atoms with Crippen molar-refractivity contribution in [2.75, 3.05) is 17.6 Å². The van der Waals surface area contributed by atoms with Crippen molar-refractivity contribution >= 4 is 28.4 Å². The summed E-state index contributed by atoms with van der Waals surface area (Å²) in [5.41, 5.74) is 6.53. The number of hydrogen-bond acceptors (Lipinski definition) is 5. The second-order valence-corrected chi connectivity index (χ2v) is 4.82. The summed E-state index contributed by atoms with van der Waals surface area (Å²) in [7, 11) is 0. The maximum Gasteiger partial charge on any atom is 0.292 e. The molecule has 0 fully saturated rings. The van der Waals surface area contributed by atoms with Crippen LogP contribution in [0.5, 0.6) is 0 Å². The van der Waals surface area contributed by atoms with Gasteiger partial charge in [0.2, 0.25) is 0 Å². The number of rotatable bonds is 5. The van der Waals surface area contributed by atoms with Crippen LogP contribution in [0.3, 0.4) is 0 Å². The maximum atomic E-state index is 10.6. The van der Waals surface area contributed by atoms with E-state index in [0.717, 1.165) is 18.7 Å². The van der Waals surface area contributed by atoms with Crippen LogP contribution in [0.15, 0.2) is 35.7 Å².